The molecule has 0 radical (unpaired) electrons. The SMILES string of the molecule is C[C@@H](NC(=O)[C@](C)(O)[C@@H](O)C(=O)N1CCOCC1c1ccccc1)c1ccc(-n2cccn2)cc1. The number of benzene rings is 2. The minimum Gasteiger partial charge on any atom is -0.380 e. The molecule has 9 nitrogen and oxygen atoms in total. The number of amides is 2. The number of ether oxygens (including phenoxy) is 1. The molecule has 4 rings (SSSR count). The molecule has 35 heavy (non-hydrogen) atoms. The Morgan fingerprint density at radius 1 is 1.14 bits per heavy atom. The van der Waals surface area contributed by atoms with Gasteiger partial charge in [-0.3, -0.25) is 9.59 Å². The van der Waals surface area contributed by atoms with Crippen LogP contribution in [-0.4, -0.2) is 68.2 Å². The van der Waals surface area contributed by atoms with Gasteiger partial charge in [0.2, 0.25) is 0 Å². The van der Waals surface area contributed by atoms with Crippen molar-refractivity contribution < 1.29 is 24.5 Å². The number of nitrogens with zero attached hydrogens (tertiary/aromatic N) is 3. The topological polar surface area (TPSA) is 117 Å². The van der Waals surface area contributed by atoms with Gasteiger partial charge in [-0.05, 0) is 43.2 Å². The fraction of sp³-hybridized carbons (Fsp3) is 0.346. The van der Waals surface area contributed by atoms with E-state index in [9.17, 15) is 19.8 Å². The summed E-state index contributed by atoms with van der Waals surface area (Å²) in [6.07, 6.45) is 1.57. The molecule has 1 aromatic heterocycles. The van der Waals surface area contributed by atoms with E-state index in [1.54, 1.807) is 17.8 Å². The maximum absolute atomic E-state index is 13.2. The molecule has 0 aliphatic carbocycles. The van der Waals surface area contributed by atoms with Gasteiger partial charge < -0.3 is 25.2 Å². The Labute approximate surface area is 203 Å². The van der Waals surface area contributed by atoms with E-state index in [0.717, 1.165) is 23.7 Å². The van der Waals surface area contributed by atoms with Gasteiger partial charge in [0.25, 0.3) is 11.8 Å². The highest BCUT2D eigenvalue weighted by Crippen LogP contribution is 2.27. The molecule has 0 bridgehead atoms. The summed E-state index contributed by atoms with van der Waals surface area (Å²) in [6.45, 7) is 3.73. The molecule has 9 heteroatoms. The molecular formula is C26H30N4O5. The second kappa shape index (κ2) is 10.4. The molecule has 1 fully saturated rings. The lowest BCUT2D eigenvalue weighted by molar-refractivity contribution is -0.171. The highest BCUT2D eigenvalue weighted by molar-refractivity contribution is 5.94. The highest BCUT2D eigenvalue weighted by atomic mass is 16.5. The quantitative estimate of drug-likeness (QED) is 0.477. The van der Waals surface area contributed by atoms with Gasteiger partial charge in [-0.15, -0.1) is 0 Å². The van der Waals surface area contributed by atoms with E-state index < -0.39 is 35.6 Å². The Kier molecular flexibility index (Phi) is 7.30. The number of morpholine rings is 1. The molecule has 2 heterocycles. The van der Waals surface area contributed by atoms with Crippen LogP contribution in [0.5, 0.6) is 0 Å². The summed E-state index contributed by atoms with van der Waals surface area (Å²) >= 11 is 0. The van der Waals surface area contributed by atoms with Crippen LogP contribution in [0.15, 0.2) is 73.1 Å². The maximum Gasteiger partial charge on any atom is 0.255 e. The van der Waals surface area contributed by atoms with E-state index >= 15 is 0 Å². The first kappa shape index (κ1) is 24.6. The monoisotopic (exact) mass is 478 g/mol. The zero-order chi connectivity index (χ0) is 25.0. The summed E-state index contributed by atoms with van der Waals surface area (Å²) in [7, 11) is 0. The first-order valence-corrected chi connectivity index (χ1v) is 11.5. The molecule has 184 valence electrons. The predicted molar refractivity (Wildman–Crippen MR) is 128 cm³/mol. The van der Waals surface area contributed by atoms with E-state index in [4.69, 9.17) is 4.74 Å². The molecule has 1 aliphatic rings. The maximum atomic E-state index is 13.2. The Bertz CT molecular complexity index is 1130. The number of hydrogen-bond donors (Lipinski definition) is 3. The van der Waals surface area contributed by atoms with Gasteiger partial charge in [0.05, 0.1) is 31.0 Å². The Hall–Kier alpha value is -3.53. The van der Waals surface area contributed by atoms with Crippen molar-refractivity contribution in [3.05, 3.63) is 84.2 Å². The van der Waals surface area contributed by atoms with Gasteiger partial charge in [0.1, 0.15) is 0 Å². The number of rotatable bonds is 7. The van der Waals surface area contributed by atoms with Gasteiger partial charge >= 0.3 is 0 Å². The molecule has 2 aromatic carbocycles. The first-order chi connectivity index (χ1) is 16.8. The number of nitrogens with one attached hydrogen (secondary N) is 1. The smallest absolute Gasteiger partial charge is 0.255 e. The summed E-state index contributed by atoms with van der Waals surface area (Å²) in [6, 6.07) is 17.7. The zero-order valence-corrected chi connectivity index (χ0v) is 19.7. The van der Waals surface area contributed by atoms with E-state index in [2.05, 4.69) is 10.4 Å². The van der Waals surface area contributed by atoms with Crippen molar-refractivity contribution in [2.24, 2.45) is 0 Å². The second-order valence-electron chi connectivity index (χ2n) is 8.82. The molecule has 1 saturated heterocycles. The summed E-state index contributed by atoms with van der Waals surface area (Å²) in [4.78, 5) is 27.6. The molecule has 1 aliphatic heterocycles. The number of carbonyl (C=O) groups excluding carboxylic acids is 2. The van der Waals surface area contributed by atoms with E-state index in [1.807, 2.05) is 66.9 Å². The minimum atomic E-state index is -2.33. The van der Waals surface area contributed by atoms with E-state index in [0.29, 0.717) is 6.61 Å². The fourth-order valence-electron chi connectivity index (χ4n) is 4.10. The summed E-state index contributed by atoms with van der Waals surface area (Å²) < 4.78 is 7.26. The molecule has 0 spiro atoms. The van der Waals surface area contributed by atoms with Crippen molar-refractivity contribution in [2.45, 2.75) is 37.6 Å². The van der Waals surface area contributed by atoms with Crippen LogP contribution in [0.25, 0.3) is 5.69 Å². The van der Waals surface area contributed by atoms with Crippen molar-refractivity contribution in [2.75, 3.05) is 19.8 Å². The lowest BCUT2D eigenvalue weighted by Crippen LogP contribution is -2.60. The van der Waals surface area contributed by atoms with Crippen molar-refractivity contribution in [1.82, 2.24) is 20.0 Å². The Morgan fingerprint density at radius 2 is 1.86 bits per heavy atom. The molecule has 4 atom stereocenters. The lowest BCUT2D eigenvalue weighted by Gasteiger charge is -2.39. The third kappa shape index (κ3) is 5.27. The van der Waals surface area contributed by atoms with Crippen molar-refractivity contribution >= 4 is 11.8 Å². The van der Waals surface area contributed by atoms with Gasteiger partial charge in [-0.25, -0.2) is 4.68 Å². The van der Waals surface area contributed by atoms with Crippen LogP contribution in [0, 0.1) is 0 Å². The second-order valence-corrected chi connectivity index (χ2v) is 8.82. The molecule has 3 aromatic rings. The van der Waals surface area contributed by atoms with E-state index in [1.165, 1.54) is 4.90 Å². The molecule has 1 unspecified atom stereocenters. The lowest BCUT2D eigenvalue weighted by atomic mass is 9.94. The average Bonchev–Trinajstić information content (AvgIpc) is 3.43. The average molecular weight is 479 g/mol. The number of aliphatic hydroxyl groups is 2. The van der Waals surface area contributed by atoms with Crippen molar-refractivity contribution in [3.8, 4) is 5.69 Å². The minimum absolute atomic E-state index is 0.242. The third-order valence-corrected chi connectivity index (χ3v) is 6.33. The van der Waals surface area contributed by atoms with Gasteiger partial charge in [-0.2, -0.15) is 5.10 Å². The van der Waals surface area contributed by atoms with Crippen LogP contribution < -0.4 is 5.32 Å². The number of aromatic nitrogens is 2. The highest BCUT2D eigenvalue weighted by Gasteiger charge is 2.46. The van der Waals surface area contributed by atoms with Crippen LogP contribution in [0.1, 0.15) is 37.1 Å². The molecular weight excluding hydrogens is 448 g/mol. The Morgan fingerprint density at radius 3 is 2.51 bits per heavy atom. The van der Waals surface area contributed by atoms with Gasteiger partial charge in [0, 0.05) is 18.9 Å². The van der Waals surface area contributed by atoms with Gasteiger partial charge in [-0.1, -0.05) is 42.5 Å². The van der Waals surface area contributed by atoms with Crippen molar-refractivity contribution in [1.29, 1.82) is 0 Å². The summed E-state index contributed by atoms with van der Waals surface area (Å²) in [5.41, 5.74) is 0.177. The fourth-order valence-corrected chi connectivity index (χ4v) is 4.10. The normalized spacial score (nSPS) is 19.4. The van der Waals surface area contributed by atoms with E-state index in [-0.39, 0.29) is 13.2 Å². The molecule has 0 saturated carbocycles. The largest absolute Gasteiger partial charge is 0.380 e. The standard InChI is InChI=1S/C26H30N4O5/c1-18(19-9-11-21(12-10-19)30-14-6-13-27-30)28-25(33)26(2,34)23(31)24(32)29-15-16-35-17-22(29)20-7-4-3-5-8-20/h3-14,18,22-23,31,34H,15-17H2,1-2H3,(H,28,33)/t18-,22?,23+,26-/m1/s1. The zero-order valence-electron chi connectivity index (χ0n) is 19.7. The molecule has 2 amide bonds. The molecule has 3 N–H and O–H groups in total. The predicted octanol–water partition coefficient (Wildman–Crippen LogP) is 1.76. The van der Waals surface area contributed by atoms with Crippen molar-refractivity contribution in [3.63, 3.8) is 0 Å². The summed E-state index contributed by atoms with van der Waals surface area (Å²) in [5.74, 6) is -1.56. The van der Waals surface area contributed by atoms with Crippen LogP contribution in [0.4, 0.5) is 0 Å². The third-order valence-electron chi connectivity index (χ3n) is 6.33. The van der Waals surface area contributed by atoms with Crippen LogP contribution in [0.2, 0.25) is 0 Å². The Balaban J connectivity index is 1.43. The van der Waals surface area contributed by atoms with Crippen LogP contribution >= 0.6 is 0 Å². The van der Waals surface area contributed by atoms with Crippen LogP contribution in [-0.2, 0) is 14.3 Å². The summed E-state index contributed by atoms with van der Waals surface area (Å²) in [5, 5.41) is 28.6. The number of carbonyl (C=O) groups is 2. The first-order valence-electron chi connectivity index (χ1n) is 11.5. The van der Waals surface area contributed by atoms with Gasteiger partial charge in [0.15, 0.2) is 11.7 Å². The number of aliphatic hydroxyl groups excluding tert-OH is 1. The number of hydrogen-bond acceptors (Lipinski definition) is 6. The van der Waals surface area contributed by atoms with Crippen LogP contribution in [0.3, 0.4) is 0 Å².